The molecule has 0 radical (unpaired) electrons. The van der Waals surface area contributed by atoms with Crippen LogP contribution in [-0.4, -0.2) is 52.4 Å². The zero-order chi connectivity index (χ0) is 14.4. The number of hydrogen-bond acceptors (Lipinski definition) is 6. The normalized spacial score (nSPS) is 9.88. The van der Waals surface area contributed by atoms with Crippen molar-refractivity contribution in [2.75, 3.05) is 13.1 Å². The maximum absolute atomic E-state index is 9.57. The molecule has 0 spiro atoms. The Bertz CT molecular complexity index is 231. The summed E-state index contributed by atoms with van der Waals surface area (Å²) in [6, 6.07) is -0.731. The van der Waals surface area contributed by atoms with Crippen LogP contribution in [0.5, 0.6) is 0 Å². The molecule has 9 N–H and O–H groups in total. The fraction of sp³-hybridized carbons (Fsp3) is 0.625. The second kappa shape index (κ2) is 14.3. The lowest BCUT2D eigenvalue weighted by molar-refractivity contribution is -0.138. The Labute approximate surface area is 98.2 Å². The van der Waals surface area contributed by atoms with Crippen molar-refractivity contribution in [1.29, 1.82) is 0 Å². The van der Waals surface area contributed by atoms with Crippen molar-refractivity contribution < 1.29 is 29.7 Å². The molecule has 0 fully saturated rings. The summed E-state index contributed by atoms with van der Waals surface area (Å²) in [6.45, 7) is 1.37. The second-order valence-electron chi connectivity index (χ2n) is 2.66. The van der Waals surface area contributed by atoms with Crippen LogP contribution in [0.3, 0.4) is 0 Å². The average Bonchev–Trinajstić information content (AvgIpc) is 2.19. The van der Waals surface area contributed by atoms with Crippen molar-refractivity contribution in [3.8, 4) is 0 Å². The molecule has 0 heterocycles. The predicted octanol–water partition coefficient (Wildman–Crippen LogP) is -2.13. The number of hydrogen-bond donors (Lipinski definition) is 6. The topological polar surface area (TPSA) is 190 Å². The molecular formula is C8H19N3O6. The van der Waals surface area contributed by atoms with E-state index in [2.05, 4.69) is 5.73 Å². The van der Waals surface area contributed by atoms with E-state index in [1.807, 2.05) is 0 Å². The van der Waals surface area contributed by atoms with Gasteiger partial charge < -0.3 is 32.5 Å². The van der Waals surface area contributed by atoms with Gasteiger partial charge in [-0.1, -0.05) is 0 Å². The summed E-state index contributed by atoms with van der Waals surface area (Å²) in [4.78, 5) is 28.3. The van der Waals surface area contributed by atoms with Crippen molar-refractivity contribution in [2.24, 2.45) is 17.2 Å². The Kier molecular flexibility index (Phi) is 17.4. The van der Waals surface area contributed by atoms with Gasteiger partial charge in [0.1, 0.15) is 6.04 Å². The van der Waals surface area contributed by atoms with Crippen LogP contribution in [0.15, 0.2) is 0 Å². The van der Waals surface area contributed by atoms with Gasteiger partial charge in [0.2, 0.25) is 0 Å². The zero-order valence-corrected chi connectivity index (χ0v) is 9.50. The van der Waals surface area contributed by atoms with E-state index in [0.717, 1.165) is 0 Å². The summed E-state index contributed by atoms with van der Waals surface area (Å²) in [5.74, 6) is -2.77. The molecule has 0 rings (SSSR count). The standard InChI is InChI=1S/2C3H7NO2.C2H5NO2/c1-2(4)3(5)6;4-2-1-3(5)6;3-1-2(4)5/h2H,4H2,1H3,(H,5,6);1-2,4H2,(H,5,6);1,3H2,(H,4,5)/t2-;;/m0../s1. The molecule has 0 saturated carbocycles. The first-order chi connectivity index (χ1) is 7.68. The van der Waals surface area contributed by atoms with Gasteiger partial charge in [0.15, 0.2) is 0 Å². The molecular weight excluding hydrogens is 234 g/mol. The fourth-order valence-corrected chi connectivity index (χ4v) is 0.123. The molecule has 0 aromatic heterocycles. The Morgan fingerprint density at radius 1 is 1.06 bits per heavy atom. The van der Waals surface area contributed by atoms with Crippen LogP contribution >= 0.6 is 0 Å². The van der Waals surface area contributed by atoms with Crippen LogP contribution in [0.25, 0.3) is 0 Å². The third-order valence-corrected chi connectivity index (χ3v) is 0.922. The van der Waals surface area contributed by atoms with Crippen molar-refractivity contribution in [3.63, 3.8) is 0 Å². The minimum Gasteiger partial charge on any atom is -0.481 e. The molecule has 0 unspecified atom stereocenters. The first kappa shape index (κ1) is 20.7. The fourth-order valence-electron chi connectivity index (χ4n) is 0.123. The summed E-state index contributed by atoms with van der Waals surface area (Å²) >= 11 is 0. The summed E-state index contributed by atoms with van der Waals surface area (Å²) in [5.41, 5.74) is 14.3. The van der Waals surface area contributed by atoms with Gasteiger partial charge in [-0.2, -0.15) is 0 Å². The molecule has 102 valence electrons. The maximum atomic E-state index is 9.57. The summed E-state index contributed by atoms with van der Waals surface area (Å²) in [7, 11) is 0. The number of carboxylic acids is 3. The highest BCUT2D eigenvalue weighted by atomic mass is 16.4. The lowest BCUT2D eigenvalue weighted by Crippen LogP contribution is -2.25. The maximum Gasteiger partial charge on any atom is 0.320 e. The highest BCUT2D eigenvalue weighted by molar-refractivity contribution is 5.72. The molecule has 0 aliphatic heterocycles. The third kappa shape index (κ3) is 40.6. The Morgan fingerprint density at radius 3 is 1.35 bits per heavy atom. The van der Waals surface area contributed by atoms with Gasteiger partial charge in [-0.3, -0.25) is 14.4 Å². The van der Waals surface area contributed by atoms with Crippen molar-refractivity contribution in [1.82, 2.24) is 0 Å². The van der Waals surface area contributed by atoms with E-state index in [1.165, 1.54) is 6.92 Å². The Morgan fingerprint density at radius 2 is 1.35 bits per heavy atom. The molecule has 0 amide bonds. The van der Waals surface area contributed by atoms with Crippen LogP contribution in [-0.2, 0) is 14.4 Å². The van der Waals surface area contributed by atoms with Gasteiger partial charge in [-0.15, -0.1) is 0 Å². The first-order valence-corrected chi connectivity index (χ1v) is 4.51. The summed E-state index contributed by atoms with van der Waals surface area (Å²) in [5, 5.41) is 23.3. The predicted molar refractivity (Wildman–Crippen MR) is 59.3 cm³/mol. The molecule has 1 atom stereocenters. The minimum atomic E-state index is -0.968. The number of carboxylic acid groups (broad SMARTS) is 3. The van der Waals surface area contributed by atoms with Crippen molar-refractivity contribution in [2.45, 2.75) is 19.4 Å². The van der Waals surface area contributed by atoms with Gasteiger partial charge in [-0.05, 0) is 6.92 Å². The molecule has 9 nitrogen and oxygen atoms in total. The van der Waals surface area contributed by atoms with Crippen LogP contribution in [0.1, 0.15) is 13.3 Å². The van der Waals surface area contributed by atoms with Crippen molar-refractivity contribution in [3.05, 3.63) is 0 Å². The SMILES string of the molecule is C[C@H](N)C(=O)O.NCC(=O)O.NCCC(=O)O. The highest BCUT2D eigenvalue weighted by Gasteiger charge is 1.99. The summed E-state index contributed by atoms with van der Waals surface area (Å²) < 4.78 is 0. The molecule has 9 heteroatoms. The largest absolute Gasteiger partial charge is 0.481 e. The van der Waals surface area contributed by atoms with Gasteiger partial charge >= 0.3 is 17.9 Å². The monoisotopic (exact) mass is 253 g/mol. The second-order valence-corrected chi connectivity index (χ2v) is 2.66. The molecule has 0 aromatic carbocycles. The van der Waals surface area contributed by atoms with Gasteiger partial charge in [-0.25, -0.2) is 0 Å². The van der Waals surface area contributed by atoms with E-state index in [4.69, 9.17) is 26.8 Å². The van der Waals surface area contributed by atoms with E-state index in [-0.39, 0.29) is 19.5 Å². The van der Waals surface area contributed by atoms with E-state index in [0.29, 0.717) is 0 Å². The Balaban J connectivity index is -0.000000174. The first-order valence-electron chi connectivity index (χ1n) is 4.51. The van der Waals surface area contributed by atoms with Crippen molar-refractivity contribution >= 4 is 17.9 Å². The van der Waals surface area contributed by atoms with Crippen LogP contribution in [0.2, 0.25) is 0 Å². The van der Waals surface area contributed by atoms with E-state index < -0.39 is 23.9 Å². The van der Waals surface area contributed by atoms with Gasteiger partial charge in [0.05, 0.1) is 13.0 Å². The lowest BCUT2D eigenvalue weighted by Gasteiger charge is -1.90. The van der Waals surface area contributed by atoms with E-state index in [9.17, 15) is 14.4 Å². The van der Waals surface area contributed by atoms with Gasteiger partial charge in [0, 0.05) is 6.54 Å². The smallest absolute Gasteiger partial charge is 0.320 e. The molecule has 17 heavy (non-hydrogen) atoms. The molecule has 0 bridgehead atoms. The average molecular weight is 253 g/mol. The zero-order valence-electron chi connectivity index (χ0n) is 9.50. The molecule has 0 aliphatic carbocycles. The molecule has 0 aliphatic rings. The van der Waals surface area contributed by atoms with Gasteiger partial charge in [0.25, 0.3) is 0 Å². The van der Waals surface area contributed by atoms with Crippen LogP contribution < -0.4 is 17.2 Å². The minimum absolute atomic E-state index is 0.0694. The van der Waals surface area contributed by atoms with Crippen LogP contribution in [0.4, 0.5) is 0 Å². The summed E-state index contributed by atoms with van der Waals surface area (Å²) in [6.07, 6.45) is 0.0694. The van der Waals surface area contributed by atoms with Crippen LogP contribution in [0, 0.1) is 0 Å². The number of rotatable bonds is 4. The molecule has 0 aromatic rings. The number of nitrogens with two attached hydrogens (primary N) is 3. The highest BCUT2D eigenvalue weighted by Crippen LogP contribution is 1.68. The number of carbonyl (C=O) groups is 3. The number of aliphatic carboxylic acids is 3. The van der Waals surface area contributed by atoms with E-state index in [1.54, 1.807) is 0 Å². The quantitative estimate of drug-likeness (QED) is 0.324. The lowest BCUT2D eigenvalue weighted by atomic mass is 10.4. The third-order valence-electron chi connectivity index (χ3n) is 0.922. The van der Waals surface area contributed by atoms with E-state index >= 15 is 0 Å². The molecule has 0 saturated heterocycles. The Hall–Kier alpha value is -1.71.